The predicted molar refractivity (Wildman–Crippen MR) is 75.0 cm³/mol. The van der Waals surface area contributed by atoms with E-state index in [4.69, 9.17) is 11.6 Å². The summed E-state index contributed by atoms with van der Waals surface area (Å²) in [5.74, 6) is -0.0571. The van der Waals surface area contributed by atoms with Gasteiger partial charge in [0.1, 0.15) is 0 Å². The van der Waals surface area contributed by atoms with Crippen molar-refractivity contribution in [1.29, 1.82) is 0 Å². The molecule has 19 heavy (non-hydrogen) atoms. The Kier molecular flexibility index (Phi) is 4.80. The van der Waals surface area contributed by atoms with Crippen LogP contribution in [-0.2, 0) is 4.79 Å². The Hall–Kier alpha value is -1.10. The molecule has 104 valence electrons. The SMILES string of the molecule is CCC(NC(=O)C1CC(O)CN1)c1ccc(Cl)cc1. The van der Waals surface area contributed by atoms with E-state index in [-0.39, 0.29) is 18.0 Å². The van der Waals surface area contributed by atoms with Crippen molar-refractivity contribution in [2.45, 2.75) is 38.0 Å². The predicted octanol–water partition coefficient (Wildman–Crippen LogP) is 1.63. The number of aliphatic hydroxyl groups excluding tert-OH is 1. The van der Waals surface area contributed by atoms with Gasteiger partial charge in [0.25, 0.3) is 0 Å². The third-order valence-corrected chi connectivity index (χ3v) is 3.67. The van der Waals surface area contributed by atoms with Crippen molar-refractivity contribution >= 4 is 17.5 Å². The molecule has 1 aliphatic heterocycles. The molecular weight excluding hydrogens is 264 g/mol. The number of rotatable bonds is 4. The monoisotopic (exact) mass is 282 g/mol. The summed E-state index contributed by atoms with van der Waals surface area (Å²) in [4.78, 5) is 12.1. The van der Waals surface area contributed by atoms with Gasteiger partial charge in [0.05, 0.1) is 18.2 Å². The smallest absolute Gasteiger partial charge is 0.237 e. The lowest BCUT2D eigenvalue weighted by Gasteiger charge is -2.20. The van der Waals surface area contributed by atoms with Crippen LogP contribution in [0.25, 0.3) is 0 Å². The third-order valence-electron chi connectivity index (χ3n) is 3.42. The molecule has 1 heterocycles. The lowest BCUT2D eigenvalue weighted by atomic mass is 10.0. The van der Waals surface area contributed by atoms with Gasteiger partial charge in [0.15, 0.2) is 0 Å². The van der Waals surface area contributed by atoms with Crippen LogP contribution < -0.4 is 10.6 Å². The first kappa shape index (κ1) is 14.3. The molecule has 0 spiro atoms. The van der Waals surface area contributed by atoms with Crippen LogP contribution in [0, 0.1) is 0 Å². The lowest BCUT2D eigenvalue weighted by molar-refractivity contribution is -0.123. The van der Waals surface area contributed by atoms with Gasteiger partial charge in [0.2, 0.25) is 5.91 Å². The minimum absolute atomic E-state index is 0.0238. The van der Waals surface area contributed by atoms with Gasteiger partial charge in [-0.1, -0.05) is 30.7 Å². The number of benzene rings is 1. The number of hydrogen-bond acceptors (Lipinski definition) is 3. The zero-order valence-corrected chi connectivity index (χ0v) is 11.7. The highest BCUT2D eigenvalue weighted by atomic mass is 35.5. The van der Waals surface area contributed by atoms with Crippen molar-refractivity contribution in [3.05, 3.63) is 34.9 Å². The van der Waals surface area contributed by atoms with E-state index < -0.39 is 6.10 Å². The summed E-state index contributed by atoms with van der Waals surface area (Å²) in [6.07, 6.45) is 0.859. The number of nitrogens with one attached hydrogen (secondary N) is 2. The number of amides is 1. The van der Waals surface area contributed by atoms with Gasteiger partial charge in [-0.05, 0) is 30.5 Å². The van der Waals surface area contributed by atoms with Gasteiger partial charge < -0.3 is 15.7 Å². The maximum absolute atomic E-state index is 12.1. The second kappa shape index (κ2) is 6.37. The van der Waals surface area contributed by atoms with Gasteiger partial charge in [-0.2, -0.15) is 0 Å². The molecule has 3 unspecified atom stereocenters. The Bertz CT molecular complexity index is 436. The highest BCUT2D eigenvalue weighted by molar-refractivity contribution is 6.30. The molecule has 0 saturated carbocycles. The first-order valence-electron chi connectivity index (χ1n) is 6.57. The average molecular weight is 283 g/mol. The van der Waals surface area contributed by atoms with Gasteiger partial charge >= 0.3 is 0 Å². The van der Waals surface area contributed by atoms with Crippen LogP contribution in [0.3, 0.4) is 0 Å². The van der Waals surface area contributed by atoms with Crippen LogP contribution in [0.4, 0.5) is 0 Å². The number of β-amino-alcohol motifs (C(OH)–C–C–N with tert-alkyl or cyclic N) is 1. The fraction of sp³-hybridized carbons (Fsp3) is 0.500. The van der Waals surface area contributed by atoms with Crippen molar-refractivity contribution in [2.75, 3.05) is 6.54 Å². The molecule has 1 saturated heterocycles. The summed E-state index contributed by atoms with van der Waals surface area (Å²) >= 11 is 5.86. The van der Waals surface area contributed by atoms with E-state index in [1.165, 1.54) is 0 Å². The number of carbonyl (C=O) groups excluding carboxylic acids is 1. The Balaban J connectivity index is 1.99. The van der Waals surface area contributed by atoms with Gasteiger partial charge in [-0.3, -0.25) is 4.79 Å². The summed E-state index contributed by atoms with van der Waals surface area (Å²) < 4.78 is 0. The van der Waals surface area contributed by atoms with Crippen molar-refractivity contribution in [3.8, 4) is 0 Å². The maximum atomic E-state index is 12.1. The standard InChI is InChI=1S/C14H19ClN2O2/c1-2-12(9-3-5-10(15)6-4-9)17-14(19)13-7-11(18)8-16-13/h3-6,11-13,16,18H,2,7-8H2,1H3,(H,17,19). The Morgan fingerprint density at radius 3 is 2.74 bits per heavy atom. The zero-order chi connectivity index (χ0) is 13.8. The molecular formula is C14H19ClN2O2. The van der Waals surface area contributed by atoms with Crippen LogP contribution in [0.1, 0.15) is 31.4 Å². The zero-order valence-electron chi connectivity index (χ0n) is 10.9. The number of carbonyl (C=O) groups is 1. The first-order valence-corrected chi connectivity index (χ1v) is 6.95. The van der Waals surface area contributed by atoms with Crippen LogP contribution in [0.2, 0.25) is 5.02 Å². The fourth-order valence-corrected chi connectivity index (χ4v) is 2.43. The second-order valence-electron chi connectivity index (χ2n) is 4.87. The molecule has 0 aliphatic carbocycles. The highest BCUT2D eigenvalue weighted by Crippen LogP contribution is 2.19. The quantitative estimate of drug-likeness (QED) is 0.787. The summed E-state index contributed by atoms with van der Waals surface area (Å²) in [6, 6.07) is 7.18. The Morgan fingerprint density at radius 1 is 1.53 bits per heavy atom. The third kappa shape index (κ3) is 3.69. The van der Waals surface area contributed by atoms with E-state index in [1.54, 1.807) is 0 Å². The van der Waals surface area contributed by atoms with Gasteiger partial charge in [-0.15, -0.1) is 0 Å². The molecule has 1 fully saturated rings. The topological polar surface area (TPSA) is 61.4 Å². The molecule has 1 aliphatic rings. The number of halogens is 1. The van der Waals surface area contributed by atoms with Crippen molar-refractivity contribution in [1.82, 2.24) is 10.6 Å². The lowest BCUT2D eigenvalue weighted by Crippen LogP contribution is -2.41. The molecule has 2 rings (SSSR count). The summed E-state index contributed by atoms with van der Waals surface area (Å²) in [5.41, 5.74) is 1.04. The molecule has 1 amide bonds. The van der Waals surface area contributed by atoms with Crippen molar-refractivity contribution < 1.29 is 9.90 Å². The van der Waals surface area contributed by atoms with E-state index in [9.17, 15) is 9.90 Å². The molecule has 3 atom stereocenters. The number of aliphatic hydroxyl groups is 1. The molecule has 0 bridgehead atoms. The van der Waals surface area contributed by atoms with Crippen LogP contribution in [0.5, 0.6) is 0 Å². The van der Waals surface area contributed by atoms with E-state index >= 15 is 0 Å². The van der Waals surface area contributed by atoms with Crippen LogP contribution >= 0.6 is 11.6 Å². The average Bonchev–Trinajstić information content (AvgIpc) is 2.84. The van der Waals surface area contributed by atoms with E-state index in [1.807, 2.05) is 31.2 Å². The molecule has 3 N–H and O–H groups in total. The number of hydrogen-bond donors (Lipinski definition) is 3. The molecule has 5 heteroatoms. The second-order valence-corrected chi connectivity index (χ2v) is 5.31. The maximum Gasteiger partial charge on any atom is 0.237 e. The molecule has 4 nitrogen and oxygen atoms in total. The first-order chi connectivity index (χ1) is 9.10. The molecule has 0 aromatic heterocycles. The van der Waals surface area contributed by atoms with Gasteiger partial charge in [0, 0.05) is 11.6 Å². The van der Waals surface area contributed by atoms with E-state index in [2.05, 4.69) is 10.6 Å². The summed E-state index contributed by atoms with van der Waals surface area (Å²) in [7, 11) is 0. The molecule has 1 aromatic carbocycles. The van der Waals surface area contributed by atoms with Crippen molar-refractivity contribution in [2.24, 2.45) is 0 Å². The van der Waals surface area contributed by atoms with E-state index in [0.717, 1.165) is 12.0 Å². The van der Waals surface area contributed by atoms with Crippen LogP contribution in [0.15, 0.2) is 24.3 Å². The van der Waals surface area contributed by atoms with E-state index in [0.29, 0.717) is 18.0 Å². The molecule has 1 aromatic rings. The Morgan fingerprint density at radius 2 is 2.21 bits per heavy atom. The normalized spacial score (nSPS) is 24.2. The van der Waals surface area contributed by atoms with Gasteiger partial charge in [-0.25, -0.2) is 0 Å². The molecule has 0 radical (unpaired) electrons. The summed E-state index contributed by atoms with van der Waals surface area (Å²) in [5, 5.41) is 16.1. The highest BCUT2D eigenvalue weighted by Gasteiger charge is 2.29. The van der Waals surface area contributed by atoms with Crippen LogP contribution in [-0.4, -0.2) is 29.7 Å². The fourth-order valence-electron chi connectivity index (χ4n) is 2.31. The van der Waals surface area contributed by atoms with Crippen molar-refractivity contribution in [3.63, 3.8) is 0 Å². The largest absolute Gasteiger partial charge is 0.392 e. The summed E-state index contributed by atoms with van der Waals surface area (Å²) in [6.45, 7) is 2.51. The minimum atomic E-state index is -0.425. The minimum Gasteiger partial charge on any atom is -0.392 e. The Labute approximate surface area is 118 Å².